The highest BCUT2D eigenvalue weighted by Crippen LogP contribution is 2.40. The summed E-state index contributed by atoms with van der Waals surface area (Å²) in [6.07, 6.45) is 3.88. The van der Waals surface area contributed by atoms with Gasteiger partial charge >= 0.3 is 0 Å². The molecule has 0 N–H and O–H groups in total. The summed E-state index contributed by atoms with van der Waals surface area (Å²) in [5.41, 5.74) is 2.67. The molecule has 1 amide bonds. The maximum Gasteiger partial charge on any atom is 0.259 e. The number of benzene rings is 3. The lowest BCUT2D eigenvalue weighted by molar-refractivity contribution is 0.0938. The summed E-state index contributed by atoms with van der Waals surface area (Å²) in [6, 6.07) is 24.7. The lowest BCUT2D eigenvalue weighted by Crippen LogP contribution is -2.36. The van der Waals surface area contributed by atoms with Gasteiger partial charge in [-0.3, -0.25) is 14.5 Å². The van der Waals surface area contributed by atoms with Crippen molar-refractivity contribution in [2.24, 2.45) is 0 Å². The van der Waals surface area contributed by atoms with Gasteiger partial charge in [0.1, 0.15) is 11.1 Å². The third kappa shape index (κ3) is 3.94. The number of anilines is 1. The number of hydrogen-bond donors (Lipinski definition) is 0. The highest BCUT2D eigenvalue weighted by molar-refractivity contribution is 7.16. The second-order valence-corrected chi connectivity index (χ2v) is 9.29. The van der Waals surface area contributed by atoms with Crippen molar-refractivity contribution in [3.8, 4) is 6.07 Å². The molecule has 0 spiro atoms. The Hall–Kier alpha value is -3.75. The average Bonchev–Trinajstić information content (AvgIpc) is 3.25. The van der Waals surface area contributed by atoms with E-state index in [0.717, 1.165) is 46.9 Å². The van der Waals surface area contributed by atoms with Crippen LogP contribution in [0.15, 0.2) is 72.8 Å². The minimum Gasteiger partial charge on any atom is -0.292 e. The Balaban J connectivity index is 1.63. The number of ketones is 1. The number of Topliss-reactive ketones (excluding diaryl/α,β-unsaturated/α-hetero) is 1. The third-order valence-corrected chi connectivity index (χ3v) is 7.49. The monoisotopic (exact) mass is 450 g/mol. The predicted molar refractivity (Wildman–Crippen MR) is 132 cm³/mol. The molecule has 1 aliphatic rings. The van der Waals surface area contributed by atoms with Crippen molar-refractivity contribution in [1.82, 2.24) is 0 Å². The minimum absolute atomic E-state index is 0.111. The molecule has 5 heteroatoms. The first-order valence-corrected chi connectivity index (χ1v) is 11.9. The van der Waals surface area contributed by atoms with E-state index in [0.29, 0.717) is 21.7 Å². The Morgan fingerprint density at radius 3 is 2.45 bits per heavy atom. The zero-order valence-corrected chi connectivity index (χ0v) is 18.9. The SMILES string of the molecule is N#Cc1c(N(CC(=O)c2ccccc2)C(=O)c2cccc3ccccc23)sc2c1CCCC2. The van der Waals surface area contributed by atoms with Crippen LogP contribution >= 0.6 is 11.3 Å². The van der Waals surface area contributed by atoms with Crippen molar-refractivity contribution in [3.63, 3.8) is 0 Å². The van der Waals surface area contributed by atoms with Crippen molar-refractivity contribution < 1.29 is 9.59 Å². The van der Waals surface area contributed by atoms with Crippen molar-refractivity contribution in [3.05, 3.63) is 99.9 Å². The second kappa shape index (κ2) is 9.01. The zero-order chi connectivity index (χ0) is 22.8. The van der Waals surface area contributed by atoms with E-state index in [2.05, 4.69) is 6.07 Å². The molecule has 0 atom stereocenters. The Kier molecular flexibility index (Phi) is 5.77. The number of nitrogens with zero attached hydrogens (tertiary/aromatic N) is 2. The van der Waals surface area contributed by atoms with Crippen LogP contribution in [0.1, 0.15) is 49.6 Å². The first-order chi connectivity index (χ1) is 16.2. The first-order valence-electron chi connectivity index (χ1n) is 11.1. The van der Waals surface area contributed by atoms with Gasteiger partial charge in [-0.05, 0) is 48.1 Å². The molecule has 162 valence electrons. The lowest BCUT2D eigenvalue weighted by atomic mass is 9.95. The summed E-state index contributed by atoms with van der Waals surface area (Å²) >= 11 is 1.49. The molecule has 0 saturated heterocycles. The quantitative estimate of drug-likeness (QED) is 0.341. The number of carbonyl (C=O) groups excluding carboxylic acids is 2. The molecular weight excluding hydrogens is 428 g/mol. The van der Waals surface area contributed by atoms with Gasteiger partial charge < -0.3 is 0 Å². The molecule has 5 rings (SSSR count). The molecule has 33 heavy (non-hydrogen) atoms. The molecule has 0 radical (unpaired) electrons. The predicted octanol–water partition coefficient (Wildman–Crippen LogP) is 6.18. The number of aryl methyl sites for hydroxylation is 1. The van der Waals surface area contributed by atoms with Gasteiger partial charge in [0.2, 0.25) is 0 Å². The topological polar surface area (TPSA) is 61.2 Å². The number of thiophene rings is 1. The van der Waals surface area contributed by atoms with E-state index in [-0.39, 0.29) is 18.2 Å². The molecule has 0 aliphatic heterocycles. The summed E-state index contributed by atoms with van der Waals surface area (Å²) in [4.78, 5) is 29.9. The van der Waals surface area contributed by atoms with Crippen LogP contribution in [0.3, 0.4) is 0 Å². The number of amides is 1. The summed E-state index contributed by atoms with van der Waals surface area (Å²) < 4.78 is 0. The zero-order valence-electron chi connectivity index (χ0n) is 18.1. The molecule has 1 aromatic heterocycles. The molecule has 0 fully saturated rings. The first kappa shape index (κ1) is 21.1. The van der Waals surface area contributed by atoms with E-state index in [9.17, 15) is 14.9 Å². The van der Waals surface area contributed by atoms with E-state index in [1.807, 2.05) is 54.6 Å². The van der Waals surface area contributed by atoms with E-state index >= 15 is 0 Å². The lowest BCUT2D eigenvalue weighted by Gasteiger charge is -2.22. The molecule has 0 unspecified atom stereocenters. The minimum atomic E-state index is -0.258. The number of hydrogen-bond acceptors (Lipinski definition) is 4. The molecule has 4 aromatic rings. The summed E-state index contributed by atoms with van der Waals surface area (Å²) in [6.45, 7) is -0.111. The smallest absolute Gasteiger partial charge is 0.259 e. The summed E-state index contributed by atoms with van der Waals surface area (Å²) in [5.74, 6) is -0.411. The largest absolute Gasteiger partial charge is 0.292 e. The highest BCUT2D eigenvalue weighted by Gasteiger charge is 2.30. The van der Waals surface area contributed by atoms with Gasteiger partial charge in [-0.25, -0.2) is 0 Å². The van der Waals surface area contributed by atoms with Crippen LogP contribution < -0.4 is 4.90 Å². The van der Waals surface area contributed by atoms with Gasteiger partial charge in [-0.15, -0.1) is 11.3 Å². The molecule has 0 bridgehead atoms. The van der Waals surface area contributed by atoms with Crippen LogP contribution in [0.2, 0.25) is 0 Å². The fraction of sp³-hybridized carbons (Fsp3) is 0.179. The number of nitriles is 1. The van der Waals surface area contributed by atoms with E-state index in [4.69, 9.17) is 0 Å². The molecular formula is C28H22N2O2S. The van der Waals surface area contributed by atoms with Crippen LogP contribution in [0, 0.1) is 11.3 Å². The molecule has 4 nitrogen and oxygen atoms in total. The molecule has 3 aromatic carbocycles. The van der Waals surface area contributed by atoms with Crippen molar-refractivity contribution in [2.45, 2.75) is 25.7 Å². The Labute approximate surface area is 196 Å². The Bertz CT molecular complexity index is 1390. The van der Waals surface area contributed by atoms with Crippen LogP contribution in [0.5, 0.6) is 0 Å². The van der Waals surface area contributed by atoms with E-state index < -0.39 is 0 Å². The van der Waals surface area contributed by atoms with Gasteiger partial charge in [0, 0.05) is 16.0 Å². The van der Waals surface area contributed by atoms with Gasteiger partial charge in [-0.2, -0.15) is 5.26 Å². The highest BCUT2D eigenvalue weighted by atomic mass is 32.1. The van der Waals surface area contributed by atoms with Crippen LogP contribution in [0.25, 0.3) is 10.8 Å². The summed E-state index contributed by atoms with van der Waals surface area (Å²) in [7, 11) is 0. The maximum atomic E-state index is 14.0. The second-order valence-electron chi connectivity index (χ2n) is 8.21. The number of carbonyl (C=O) groups is 2. The number of fused-ring (bicyclic) bond motifs is 2. The van der Waals surface area contributed by atoms with E-state index in [1.54, 1.807) is 18.2 Å². The average molecular weight is 451 g/mol. The van der Waals surface area contributed by atoms with E-state index in [1.165, 1.54) is 16.2 Å². The van der Waals surface area contributed by atoms with Crippen molar-refractivity contribution in [2.75, 3.05) is 11.4 Å². The Morgan fingerprint density at radius 2 is 1.64 bits per heavy atom. The standard InChI is InChI=1S/C28H22N2O2S/c29-17-24-22-14-6-7-16-26(22)33-28(24)30(18-25(31)20-10-2-1-3-11-20)27(32)23-15-8-12-19-9-4-5-13-21(19)23/h1-5,8-13,15H,6-7,14,16,18H2. The fourth-order valence-electron chi connectivity index (χ4n) is 4.51. The third-order valence-electron chi connectivity index (χ3n) is 6.17. The van der Waals surface area contributed by atoms with Crippen LogP contribution in [-0.2, 0) is 12.8 Å². The normalized spacial score (nSPS) is 12.7. The fourth-order valence-corrected chi connectivity index (χ4v) is 5.84. The molecule has 1 heterocycles. The van der Waals surface area contributed by atoms with Crippen molar-refractivity contribution in [1.29, 1.82) is 5.26 Å². The molecule has 1 aliphatic carbocycles. The summed E-state index contributed by atoms with van der Waals surface area (Å²) in [5, 5.41) is 12.4. The van der Waals surface area contributed by atoms with Gasteiger partial charge in [-0.1, -0.05) is 66.7 Å². The number of rotatable bonds is 5. The van der Waals surface area contributed by atoms with Crippen LogP contribution in [0.4, 0.5) is 5.00 Å². The van der Waals surface area contributed by atoms with Gasteiger partial charge in [0.05, 0.1) is 12.1 Å². The Morgan fingerprint density at radius 1 is 0.909 bits per heavy atom. The van der Waals surface area contributed by atoms with Crippen molar-refractivity contribution >= 4 is 38.8 Å². The molecule has 0 saturated carbocycles. The van der Waals surface area contributed by atoms with Crippen LogP contribution in [-0.4, -0.2) is 18.2 Å². The van der Waals surface area contributed by atoms with Gasteiger partial charge in [0.15, 0.2) is 5.78 Å². The maximum absolute atomic E-state index is 14.0. The van der Waals surface area contributed by atoms with Gasteiger partial charge in [0.25, 0.3) is 5.91 Å².